The highest BCUT2D eigenvalue weighted by Gasteiger charge is 2.44. The van der Waals surface area contributed by atoms with E-state index in [0.29, 0.717) is 30.1 Å². The monoisotopic (exact) mass is 609 g/mol. The molecule has 1 aliphatic rings. The van der Waals surface area contributed by atoms with Crippen LogP contribution < -0.4 is 21.1 Å². The van der Waals surface area contributed by atoms with Crippen molar-refractivity contribution in [3.8, 4) is 11.5 Å². The van der Waals surface area contributed by atoms with Gasteiger partial charge in [0.25, 0.3) is 0 Å². The molecule has 222 valence electrons. The molecule has 0 unspecified atom stereocenters. The quantitative estimate of drug-likeness (QED) is 0.121. The van der Waals surface area contributed by atoms with Crippen LogP contribution in [0.15, 0.2) is 60.7 Å². The molecule has 0 aliphatic carbocycles. The summed E-state index contributed by atoms with van der Waals surface area (Å²) in [6, 6.07) is 18.1. The zero-order chi connectivity index (χ0) is 30.3. The molecule has 0 aromatic heterocycles. The molecule has 1 amide bonds. The van der Waals surface area contributed by atoms with E-state index in [4.69, 9.17) is 33.7 Å². The molecule has 9 heteroatoms. The van der Waals surface area contributed by atoms with Gasteiger partial charge in [-0.05, 0) is 57.0 Å². The van der Waals surface area contributed by atoms with Crippen LogP contribution in [0.5, 0.6) is 11.5 Å². The number of aromatic hydroxyl groups is 1. The first kappa shape index (κ1) is 31.4. The van der Waals surface area contributed by atoms with E-state index in [0.717, 1.165) is 48.6 Å². The van der Waals surface area contributed by atoms with Crippen molar-refractivity contribution in [2.45, 2.75) is 44.9 Å². The Morgan fingerprint density at radius 1 is 1.05 bits per heavy atom. The van der Waals surface area contributed by atoms with E-state index in [1.807, 2.05) is 42.5 Å². The summed E-state index contributed by atoms with van der Waals surface area (Å²) in [6.07, 6.45) is 7.00. The Hall–Kier alpha value is -3.52. The zero-order valence-corrected chi connectivity index (χ0v) is 25.9. The topological polar surface area (TPSA) is 99.6 Å². The molecule has 1 aliphatic heterocycles. The van der Waals surface area contributed by atoms with Crippen molar-refractivity contribution < 1.29 is 19.2 Å². The highest BCUT2D eigenvalue weighted by atomic mass is 35.5. The summed E-state index contributed by atoms with van der Waals surface area (Å²) in [5.41, 5.74) is 11.1. The Morgan fingerprint density at radius 3 is 2.52 bits per heavy atom. The van der Waals surface area contributed by atoms with E-state index < -0.39 is 0 Å². The Bertz CT molecular complexity index is 1490. The van der Waals surface area contributed by atoms with Gasteiger partial charge in [-0.25, -0.2) is 0 Å². The number of amides is 1. The number of anilines is 2. The van der Waals surface area contributed by atoms with Crippen molar-refractivity contribution in [1.29, 1.82) is 0 Å². The fourth-order valence-electron chi connectivity index (χ4n) is 5.29. The summed E-state index contributed by atoms with van der Waals surface area (Å²) in [6.45, 7) is 6.13. The summed E-state index contributed by atoms with van der Waals surface area (Å²) < 4.78 is 7.52. The van der Waals surface area contributed by atoms with Crippen LogP contribution in [0.25, 0.3) is 6.08 Å². The third-order valence-electron chi connectivity index (χ3n) is 7.53. The number of methoxy groups -OCH3 is 1. The number of benzene rings is 3. The number of nitrogens with zero attached hydrogens (tertiary/aromatic N) is 1. The first-order valence-corrected chi connectivity index (χ1v) is 14.9. The smallest absolute Gasteiger partial charge is 0.220 e. The summed E-state index contributed by atoms with van der Waals surface area (Å²) in [4.78, 5) is 12.0. The van der Waals surface area contributed by atoms with Gasteiger partial charge in [-0.15, -0.1) is 0 Å². The lowest BCUT2D eigenvalue weighted by molar-refractivity contribution is -0.438. The minimum Gasteiger partial charge on any atom is -0.503 e. The highest BCUT2D eigenvalue weighted by Crippen LogP contribution is 2.44. The number of ether oxygens (including phenoxy) is 1. The van der Waals surface area contributed by atoms with Crippen LogP contribution in [0.3, 0.4) is 0 Å². The zero-order valence-electron chi connectivity index (χ0n) is 24.3. The molecule has 7 nitrogen and oxygen atoms in total. The minimum atomic E-state index is -0.338. The number of nitrogens with two attached hydrogens (primary N) is 1. The maximum Gasteiger partial charge on any atom is 0.220 e. The van der Waals surface area contributed by atoms with Crippen LogP contribution in [-0.4, -0.2) is 48.0 Å². The van der Waals surface area contributed by atoms with E-state index >= 15 is 0 Å². The molecule has 5 N–H and O–H groups in total. The SMILES string of the molecule is COc1cc(Cl)c(/C=C/C2=[N+](CCCCCC(=O)NCCN)c3ccc(Nc4ccccc4)cc3C2(C)C)c(Cl)c1O. The van der Waals surface area contributed by atoms with Crippen molar-refractivity contribution in [2.75, 3.05) is 32.1 Å². The summed E-state index contributed by atoms with van der Waals surface area (Å²) in [7, 11) is 1.46. The van der Waals surface area contributed by atoms with Gasteiger partial charge in [-0.1, -0.05) is 41.4 Å². The number of carbonyl (C=O) groups is 1. The summed E-state index contributed by atoms with van der Waals surface area (Å²) >= 11 is 13.0. The molecule has 3 aromatic carbocycles. The molecule has 0 bridgehead atoms. The van der Waals surface area contributed by atoms with Crippen LogP contribution in [0.4, 0.5) is 17.1 Å². The summed E-state index contributed by atoms with van der Waals surface area (Å²) in [5.74, 6) is 0.115. The van der Waals surface area contributed by atoms with Crippen LogP contribution >= 0.6 is 23.2 Å². The lowest BCUT2D eigenvalue weighted by atomic mass is 9.81. The van der Waals surface area contributed by atoms with Crippen LogP contribution in [0, 0.1) is 0 Å². The fraction of sp³-hybridized carbons (Fsp3) is 0.333. The number of hydrogen-bond acceptors (Lipinski definition) is 5. The first-order chi connectivity index (χ1) is 20.2. The van der Waals surface area contributed by atoms with Crippen LogP contribution in [0.1, 0.15) is 50.7 Å². The van der Waals surface area contributed by atoms with Gasteiger partial charge in [0.1, 0.15) is 6.54 Å². The molecule has 0 radical (unpaired) electrons. The van der Waals surface area contributed by atoms with Gasteiger partial charge in [-0.2, -0.15) is 4.58 Å². The lowest BCUT2D eigenvalue weighted by Gasteiger charge is -2.17. The molecule has 4 rings (SSSR count). The second kappa shape index (κ2) is 14.1. The van der Waals surface area contributed by atoms with Crippen molar-refractivity contribution in [2.24, 2.45) is 5.73 Å². The van der Waals surface area contributed by atoms with Crippen molar-refractivity contribution >= 4 is 58.0 Å². The van der Waals surface area contributed by atoms with Crippen LogP contribution in [0.2, 0.25) is 10.0 Å². The number of para-hydroxylation sites is 1. The lowest BCUT2D eigenvalue weighted by Crippen LogP contribution is -2.28. The number of halogens is 2. The molecular weight excluding hydrogens is 571 g/mol. The van der Waals surface area contributed by atoms with E-state index in [1.54, 1.807) is 6.07 Å². The molecule has 0 saturated heterocycles. The minimum absolute atomic E-state index is 0.0400. The molecule has 0 fully saturated rings. The van der Waals surface area contributed by atoms with E-state index in [-0.39, 0.29) is 27.8 Å². The van der Waals surface area contributed by atoms with Gasteiger partial charge >= 0.3 is 0 Å². The fourth-order valence-corrected chi connectivity index (χ4v) is 5.85. The van der Waals surface area contributed by atoms with Crippen LogP contribution in [-0.2, 0) is 10.2 Å². The second-order valence-electron chi connectivity index (χ2n) is 10.8. The Morgan fingerprint density at radius 2 is 1.81 bits per heavy atom. The number of phenols is 1. The van der Waals surface area contributed by atoms with E-state index in [9.17, 15) is 9.90 Å². The number of fused-ring (bicyclic) bond motifs is 1. The van der Waals surface area contributed by atoms with Gasteiger partial charge in [0.05, 0.1) is 22.6 Å². The second-order valence-corrected chi connectivity index (χ2v) is 11.6. The molecule has 1 heterocycles. The standard InChI is InChI=1S/C33H38Cl2N4O3/c1-33(2)25-20-23(38-22-10-6-4-7-11-22)13-15-27(25)39(19-9-5-8-12-30(40)37-18-17-36)29(33)16-14-24-26(34)21-28(42-3)32(41)31(24)35/h4,6-7,10-11,13-16,20-21,38H,5,8-9,12,17-19,36H2,1-3H3,(H-,37,40,41)/p+1/b16-14+. The normalized spacial score (nSPS) is 13.9. The Labute approximate surface area is 258 Å². The Balaban J connectivity index is 1.64. The molecular formula is C33H39Cl2N4O3+. The van der Waals surface area contributed by atoms with Gasteiger partial charge in [0, 0.05) is 66.6 Å². The predicted octanol–water partition coefficient (Wildman–Crippen LogP) is 7.18. The van der Waals surface area contributed by atoms with Gasteiger partial charge in [0.2, 0.25) is 11.6 Å². The van der Waals surface area contributed by atoms with Gasteiger partial charge in [0.15, 0.2) is 17.2 Å². The number of rotatable bonds is 13. The number of carbonyl (C=O) groups excluding carboxylic acids is 1. The largest absolute Gasteiger partial charge is 0.503 e. The third-order valence-corrected chi connectivity index (χ3v) is 8.22. The predicted molar refractivity (Wildman–Crippen MR) is 173 cm³/mol. The molecule has 0 spiro atoms. The number of hydrogen-bond donors (Lipinski definition) is 4. The average molecular weight is 611 g/mol. The van der Waals surface area contributed by atoms with Crippen molar-refractivity contribution in [3.63, 3.8) is 0 Å². The van der Waals surface area contributed by atoms with Gasteiger partial charge < -0.3 is 26.2 Å². The van der Waals surface area contributed by atoms with E-state index in [1.165, 1.54) is 12.7 Å². The number of unbranched alkanes of at least 4 members (excludes halogenated alkanes) is 2. The number of phenolic OH excluding ortho intramolecular Hbond substituents is 1. The molecule has 0 saturated carbocycles. The average Bonchev–Trinajstić information content (AvgIpc) is 3.19. The third kappa shape index (κ3) is 7.09. The van der Waals surface area contributed by atoms with E-state index in [2.05, 4.69) is 47.3 Å². The highest BCUT2D eigenvalue weighted by molar-refractivity contribution is 6.38. The molecule has 42 heavy (non-hydrogen) atoms. The number of allylic oxidation sites excluding steroid dienone is 1. The summed E-state index contributed by atoms with van der Waals surface area (Å²) in [5, 5.41) is 17.3. The molecule has 3 aromatic rings. The maximum absolute atomic E-state index is 12.0. The van der Waals surface area contributed by atoms with Crippen molar-refractivity contribution in [3.05, 3.63) is 81.8 Å². The number of nitrogens with one attached hydrogen (secondary N) is 2. The first-order valence-electron chi connectivity index (χ1n) is 14.2. The van der Waals surface area contributed by atoms with Crippen molar-refractivity contribution in [1.82, 2.24) is 5.32 Å². The Kier molecular flexibility index (Phi) is 10.5. The molecule has 0 atom stereocenters. The maximum atomic E-state index is 12.0. The van der Waals surface area contributed by atoms with Gasteiger partial charge in [-0.3, -0.25) is 4.79 Å².